The lowest BCUT2D eigenvalue weighted by Gasteiger charge is -2.37. The van der Waals surface area contributed by atoms with Gasteiger partial charge in [-0.15, -0.1) is 0 Å². The molecule has 0 aliphatic carbocycles. The molecular weight excluding hydrogens is 418 g/mol. The summed E-state index contributed by atoms with van der Waals surface area (Å²) in [4.78, 5) is 18.3. The summed E-state index contributed by atoms with van der Waals surface area (Å²) in [6, 6.07) is 17.2. The van der Waals surface area contributed by atoms with Crippen molar-refractivity contribution in [3.05, 3.63) is 78.2 Å². The van der Waals surface area contributed by atoms with Crippen LogP contribution in [0.3, 0.4) is 0 Å². The van der Waals surface area contributed by atoms with Gasteiger partial charge < -0.3 is 19.5 Å². The summed E-state index contributed by atoms with van der Waals surface area (Å²) in [7, 11) is 0. The van der Waals surface area contributed by atoms with E-state index in [0.29, 0.717) is 25.1 Å². The first-order valence-corrected chi connectivity index (χ1v) is 11.6. The van der Waals surface area contributed by atoms with Crippen molar-refractivity contribution in [2.24, 2.45) is 5.92 Å². The van der Waals surface area contributed by atoms with Gasteiger partial charge in [0.05, 0.1) is 35.9 Å². The number of aromatic nitrogens is 2. The highest BCUT2D eigenvalue weighted by molar-refractivity contribution is 5.89. The highest BCUT2D eigenvalue weighted by atomic mass is 16.5. The fourth-order valence-corrected chi connectivity index (χ4v) is 5.11. The average molecular weight is 448 g/mol. The molecule has 0 spiro atoms. The quantitative estimate of drug-likeness (QED) is 0.541. The Morgan fingerprint density at radius 3 is 2.58 bits per heavy atom. The van der Waals surface area contributed by atoms with Crippen LogP contribution in [0.5, 0.6) is 0 Å². The molecule has 2 aliphatic rings. The van der Waals surface area contributed by atoms with Crippen LogP contribution in [0.15, 0.2) is 67.1 Å². The Kier molecular flexibility index (Phi) is 6.26. The van der Waals surface area contributed by atoms with Crippen molar-refractivity contribution in [3.8, 4) is 11.3 Å². The molecule has 2 aromatic carbocycles. The van der Waals surface area contributed by atoms with Crippen LogP contribution in [0.4, 0.5) is 0 Å². The van der Waals surface area contributed by atoms with Crippen LogP contribution in [-0.4, -0.2) is 62.7 Å². The third-order valence-electron chi connectivity index (χ3n) is 6.98. The maximum atomic E-state index is 12.1. The number of nitrogens with zero attached hydrogens (tertiary/aromatic N) is 3. The molecule has 172 valence electrons. The zero-order valence-electron chi connectivity index (χ0n) is 18.5. The summed E-state index contributed by atoms with van der Waals surface area (Å²) in [5, 5.41) is 21.6. The van der Waals surface area contributed by atoms with Crippen LogP contribution in [0.25, 0.3) is 11.3 Å². The Labute approximate surface area is 193 Å². The van der Waals surface area contributed by atoms with Gasteiger partial charge in [0.2, 0.25) is 0 Å². The summed E-state index contributed by atoms with van der Waals surface area (Å²) < 4.78 is 7.44. The molecule has 3 unspecified atom stereocenters. The lowest BCUT2D eigenvalue weighted by atomic mass is 9.86. The van der Waals surface area contributed by atoms with E-state index in [0.717, 1.165) is 18.5 Å². The summed E-state index contributed by atoms with van der Waals surface area (Å²) in [5.74, 6) is -0.268. The van der Waals surface area contributed by atoms with E-state index in [1.54, 1.807) is 24.3 Å². The first kappa shape index (κ1) is 21.8. The Morgan fingerprint density at radius 1 is 1.06 bits per heavy atom. The van der Waals surface area contributed by atoms with E-state index in [1.807, 2.05) is 35.6 Å². The van der Waals surface area contributed by atoms with Crippen LogP contribution >= 0.6 is 0 Å². The van der Waals surface area contributed by atoms with Crippen molar-refractivity contribution < 1.29 is 19.7 Å². The topological polar surface area (TPSA) is 87.8 Å². The third kappa shape index (κ3) is 4.44. The highest BCUT2D eigenvalue weighted by Crippen LogP contribution is 2.42. The Balaban J connectivity index is 1.13. The molecule has 1 fully saturated rings. The first-order chi connectivity index (χ1) is 16.1. The van der Waals surface area contributed by atoms with Crippen molar-refractivity contribution >= 4 is 5.97 Å². The van der Waals surface area contributed by atoms with Gasteiger partial charge in [0.15, 0.2) is 0 Å². The number of ether oxygens (including phenoxy) is 1. The predicted octanol–water partition coefficient (Wildman–Crippen LogP) is 3.09. The van der Waals surface area contributed by atoms with Crippen molar-refractivity contribution in [3.63, 3.8) is 0 Å². The second kappa shape index (κ2) is 9.47. The maximum absolute atomic E-state index is 12.1. The number of aliphatic hydroxyl groups excluding tert-OH is 2. The van der Waals surface area contributed by atoms with Gasteiger partial charge in [-0.25, -0.2) is 9.78 Å². The van der Waals surface area contributed by atoms with Crippen molar-refractivity contribution in [1.29, 1.82) is 0 Å². The molecule has 3 aromatic rings. The number of aliphatic hydroxyl groups is 2. The number of hydrogen-bond acceptors (Lipinski definition) is 6. The van der Waals surface area contributed by atoms with Crippen LogP contribution in [0.1, 0.15) is 41.2 Å². The van der Waals surface area contributed by atoms with Gasteiger partial charge in [-0.3, -0.25) is 4.90 Å². The number of fused-ring (bicyclic) bond motifs is 3. The van der Waals surface area contributed by atoms with Crippen LogP contribution in [-0.2, 0) is 4.74 Å². The zero-order chi connectivity index (χ0) is 22.8. The zero-order valence-corrected chi connectivity index (χ0v) is 18.5. The SMILES string of the molecule is O=C(OCC(O)N1CCC(C(O)CC2c3ccccc3-c3cncn32)CC1)c1ccccc1. The lowest BCUT2D eigenvalue weighted by Crippen LogP contribution is -2.46. The summed E-state index contributed by atoms with van der Waals surface area (Å²) in [5.41, 5.74) is 4.00. The Morgan fingerprint density at radius 2 is 1.79 bits per heavy atom. The number of likely N-dealkylation sites (tertiary alicyclic amines) is 1. The molecule has 33 heavy (non-hydrogen) atoms. The van der Waals surface area contributed by atoms with E-state index in [1.165, 1.54) is 11.1 Å². The second-order valence-electron chi connectivity index (χ2n) is 8.91. The molecule has 0 saturated carbocycles. The Bertz CT molecular complexity index is 1090. The minimum atomic E-state index is -0.842. The van der Waals surface area contributed by atoms with E-state index in [2.05, 4.69) is 21.7 Å². The van der Waals surface area contributed by atoms with Crippen molar-refractivity contribution in [2.75, 3.05) is 19.7 Å². The smallest absolute Gasteiger partial charge is 0.338 e. The normalized spacial score (nSPS) is 20.1. The number of piperidine rings is 1. The fraction of sp³-hybridized carbons (Fsp3) is 0.385. The molecule has 0 amide bonds. The summed E-state index contributed by atoms with van der Waals surface area (Å²) >= 11 is 0. The Hall–Kier alpha value is -3.00. The highest BCUT2D eigenvalue weighted by Gasteiger charge is 2.34. The molecule has 1 aromatic heterocycles. The predicted molar refractivity (Wildman–Crippen MR) is 123 cm³/mol. The van der Waals surface area contributed by atoms with E-state index >= 15 is 0 Å². The van der Waals surface area contributed by atoms with Crippen molar-refractivity contribution in [2.45, 2.75) is 37.6 Å². The molecule has 0 radical (unpaired) electrons. The monoisotopic (exact) mass is 447 g/mol. The summed E-state index contributed by atoms with van der Waals surface area (Å²) in [6.07, 6.45) is 4.67. The number of imidazole rings is 1. The number of esters is 1. The number of benzene rings is 2. The van der Waals surface area contributed by atoms with Crippen molar-refractivity contribution in [1.82, 2.24) is 14.5 Å². The molecule has 5 rings (SSSR count). The second-order valence-corrected chi connectivity index (χ2v) is 8.91. The van der Waals surface area contributed by atoms with E-state index in [-0.39, 0.29) is 18.6 Å². The average Bonchev–Trinajstić information content (AvgIpc) is 3.45. The molecule has 0 bridgehead atoms. The molecule has 7 nitrogen and oxygen atoms in total. The number of rotatable bonds is 7. The minimum absolute atomic E-state index is 0.0663. The van der Waals surface area contributed by atoms with E-state index < -0.39 is 18.3 Å². The standard InChI is InChI=1S/C26H29N3O4/c30-24(14-22-20-8-4-5-9-21(20)23-15-27-17-29(22)23)18-10-12-28(13-11-18)25(31)16-33-26(32)19-6-2-1-3-7-19/h1-9,15,17-18,22,24-25,30-31H,10-14,16H2. The van der Waals surface area contributed by atoms with Gasteiger partial charge in [-0.05, 0) is 42.9 Å². The third-order valence-corrected chi connectivity index (χ3v) is 6.98. The largest absolute Gasteiger partial charge is 0.458 e. The number of carbonyl (C=O) groups is 1. The molecule has 3 atom stereocenters. The maximum Gasteiger partial charge on any atom is 0.338 e. The molecule has 2 N–H and O–H groups in total. The van der Waals surface area contributed by atoms with Crippen LogP contribution < -0.4 is 0 Å². The van der Waals surface area contributed by atoms with Gasteiger partial charge in [0, 0.05) is 18.7 Å². The van der Waals surface area contributed by atoms with Gasteiger partial charge in [0.25, 0.3) is 0 Å². The van der Waals surface area contributed by atoms with Gasteiger partial charge in [0.1, 0.15) is 12.8 Å². The van der Waals surface area contributed by atoms with Crippen LogP contribution in [0.2, 0.25) is 0 Å². The molecule has 7 heteroatoms. The van der Waals surface area contributed by atoms with Crippen LogP contribution in [0, 0.1) is 5.92 Å². The van der Waals surface area contributed by atoms with Gasteiger partial charge >= 0.3 is 5.97 Å². The van der Waals surface area contributed by atoms with E-state index in [4.69, 9.17) is 4.74 Å². The van der Waals surface area contributed by atoms with E-state index in [9.17, 15) is 15.0 Å². The lowest BCUT2D eigenvalue weighted by molar-refractivity contribution is -0.0669. The molecule has 2 aliphatic heterocycles. The molecular formula is C26H29N3O4. The fourth-order valence-electron chi connectivity index (χ4n) is 5.11. The summed E-state index contributed by atoms with van der Waals surface area (Å²) in [6.45, 7) is 1.25. The molecule has 1 saturated heterocycles. The number of hydrogen-bond donors (Lipinski definition) is 2. The number of carbonyl (C=O) groups excluding carboxylic acids is 1. The van der Waals surface area contributed by atoms with Gasteiger partial charge in [-0.2, -0.15) is 0 Å². The van der Waals surface area contributed by atoms with Gasteiger partial charge in [-0.1, -0.05) is 42.5 Å². The first-order valence-electron chi connectivity index (χ1n) is 11.6. The molecule has 3 heterocycles. The minimum Gasteiger partial charge on any atom is -0.458 e.